The highest BCUT2D eigenvalue weighted by Gasteiger charge is 2.31. The summed E-state index contributed by atoms with van der Waals surface area (Å²) < 4.78 is 0.460. The van der Waals surface area contributed by atoms with Crippen LogP contribution in [0.3, 0.4) is 0 Å². The van der Waals surface area contributed by atoms with E-state index in [2.05, 4.69) is 5.32 Å². The van der Waals surface area contributed by atoms with E-state index in [0.717, 1.165) is 5.56 Å². The first kappa shape index (κ1) is 16.7. The summed E-state index contributed by atoms with van der Waals surface area (Å²) in [5.74, 6) is -0.385. The minimum absolute atomic E-state index is 0.105. The van der Waals surface area contributed by atoms with Gasteiger partial charge in [0.25, 0.3) is 5.91 Å². The highest BCUT2D eigenvalue weighted by atomic mass is 32.2. The van der Waals surface area contributed by atoms with Crippen LogP contribution in [0.25, 0.3) is 6.08 Å². The Balaban J connectivity index is 1.97. The lowest BCUT2D eigenvalue weighted by molar-refractivity contribution is -0.123. The van der Waals surface area contributed by atoms with Crippen molar-refractivity contribution in [1.29, 1.82) is 0 Å². The molecule has 2 rings (SSSR count). The summed E-state index contributed by atoms with van der Waals surface area (Å²) in [6, 6.07) is 9.54. The van der Waals surface area contributed by atoms with E-state index in [1.54, 1.807) is 6.08 Å². The van der Waals surface area contributed by atoms with Crippen molar-refractivity contribution in [2.75, 3.05) is 19.7 Å². The van der Waals surface area contributed by atoms with E-state index in [1.165, 1.54) is 16.7 Å². The molecule has 22 heavy (non-hydrogen) atoms. The van der Waals surface area contributed by atoms with Crippen LogP contribution in [0.5, 0.6) is 0 Å². The second-order valence-electron chi connectivity index (χ2n) is 4.57. The number of amides is 2. The number of carbonyl (C=O) groups excluding carboxylic acids is 2. The molecule has 2 N–H and O–H groups in total. The standard InChI is InChI=1S/C15H16N2O3S2/c18-9-7-16-13(19)6-8-17-14(20)12(22-15(17)21)10-11-4-2-1-3-5-11/h1-5,10,18H,6-9H2,(H,16,19)/b12-10+. The van der Waals surface area contributed by atoms with Crippen molar-refractivity contribution in [2.24, 2.45) is 0 Å². The Bertz CT molecular complexity index is 602. The second kappa shape index (κ2) is 8.07. The van der Waals surface area contributed by atoms with Crippen LogP contribution in [0.4, 0.5) is 0 Å². The summed E-state index contributed by atoms with van der Waals surface area (Å²) in [6.07, 6.45) is 1.95. The van der Waals surface area contributed by atoms with Gasteiger partial charge in [0.2, 0.25) is 5.91 Å². The molecule has 7 heteroatoms. The monoisotopic (exact) mass is 336 g/mol. The van der Waals surface area contributed by atoms with Gasteiger partial charge in [0.05, 0.1) is 11.5 Å². The Hall–Kier alpha value is -1.70. The fraction of sp³-hybridized carbons (Fsp3) is 0.267. The fourth-order valence-electron chi connectivity index (χ4n) is 1.89. The zero-order chi connectivity index (χ0) is 15.9. The Morgan fingerprint density at radius 1 is 1.36 bits per heavy atom. The molecular formula is C15H16N2O3S2. The molecule has 0 bridgehead atoms. The Kier molecular flexibility index (Phi) is 6.11. The van der Waals surface area contributed by atoms with Crippen molar-refractivity contribution in [2.45, 2.75) is 6.42 Å². The molecule has 0 atom stereocenters. The van der Waals surface area contributed by atoms with Crippen molar-refractivity contribution in [1.82, 2.24) is 10.2 Å². The van der Waals surface area contributed by atoms with Gasteiger partial charge in [-0.15, -0.1) is 0 Å². The van der Waals surface area contributed by atoms with Gasteiger partial charge in [-0.25, -0.2) is 0 Å². The van der Waals surface area contributed by atoms with E-state index in [9.17, 15) is 9.59 Å². The number of aliphatic hydroxyl groups is 1. The van der Waals surface area contributed by atoms with Gasteiger partial charge in [0, 0.05) is 19.5 Å². The highest BCUT2D eigenvalue weighted by molar-refractivity contribution is 8.26. The van der Waals surface area contributed by atoms with Crippen LogP contribution in [0.2, 0.25) is 0 Å². The average molecular weight is 336 g/mol. The number of carbonyl (C=O) groups is 2. The molecule has 1 aromatic carbocycles. The van der Waals surface area contributed by atoms with Gasteiger partial charge in [-0.3, -0.25) is 14.5 Å². The Morgan fingerprint density at radius 2 is 2.09 bits per heavy atom. The second-order valence-corrected chi connectivity index (χ2v) is 6.24. The van der Waals surface area contributed by atoms with Gasteiger partial charge < -0.3 is 10.4 Å². The minimum atomic E-state index is -0.213. The molecule has 0 saturated carbocycles. The third-order valence-electron chi connectivity index (χ3n) is 2.97. The van der Waals surface area contributed by atoms with Crippen LogP contribution in [0, 0.1) is 0 Å². The van der Waals surface area contributed by atoms with Gasteiger partial charge in [0.15, 0.2) is 0 Å². The molecule has 0 aromatic heterocycles. The molecule has 1 saturated heterocycles. The summed E-state index contributed by atoms with van der Waals surface area (Å²) in [6.45, 7) is 0.353. The first-order valence-corrected chi connectivity index (χ1v) is 8.02. The van der Waals surface area contributed by atoms with Gasteiger partial charge in [-0.1, -0.05) is 54.3 Å². The maximum atomic E-state index is 12.3. The van der Waals surface area contributed by atoms with E-state index in [4.69, 9.17) is 17.3 Å². The molecule has 116 valence electrons. The predicted molar refractivity (Wildman–Crippen MR) is 91.0 cm³/mol. The molecule has 1 aliphatic heterocycles. The lowest BCUT2D eigenvalue weighted by atomic mass is 10.2. The summed E-state index contributed by atoms with van der Waals surface area (Å²) in [5.41, 5.74) is 0.934. The lowest BCUT2D eigenvalue weighted by Crippen LogP contribution is -2.34. The normalized spacial score (nSPS) is 16.4. The number of nitrogens with one attached hydrogen (secondary N) is 1. The van der Waals surface area contributed by atoms with E-state index in [-0.39, 0.29) is 37.9 Å². The highest BCUT2D eigenvalue weighted by Crippen LogP contribution is 2.32. The predicted octanol–water partition coefficient (Wildman–Crippen LogP) is 1.39. The van der Waals surface area contributed by atoms with Crippen LogP contribution < -0.4 is 5.32 Å². The van der Waals surface area contributed by atoms with Gasteiger partial charge in [-0.05, 0) is 11.6 Å². The van der Waals surface area contributed by atoms with Crippen molar-refractivity contribution < 1.29 is 14.7 Å². The van der Waals surface area contributed by atoms with Gasteiger partial charge >= 0.3 is 0 Å². The number of thioether (sulfide) groups is 1. The summed E-state index contributed by atoms with van der Waals surface area (Å²) in [4.78, 5) is 25.8. The maximum Gasteiger partial charge on any atom is 0.266 e. The fourth-order valence-corrected chi connectivity index (χ4v) is 3.20. The quantitative estimate of drug-likeness (QED) is 0.607. The first-order valence-electron chi connectivity index (χ1n) is 6.80. The largest absolute Gasteiger partial charge is 0.395 e. The molecule has 0 radical (unpaired) electrons. The van der Waals surface area contributed by atoms with Crippen molar-refractivity contribution in [3.8, 4) is 0 Å². The number of thiocarbonyl (C=S) groups is 1. The topological polar surface area (TPSA) is 69.6 Å². The van der Waals surface area contributed by atoms with E-state index >= 15 is 0 Å². The molecule has 1 fully saturated rings. The molecule has 5 nitrogen and oxygen atoms in total. The number of rotatable bonds is 6. The number of benzene rings is 1. The summed E-state index contributed by atoms with van der Waals surface area (Å²) >= 11 is 6.45. The zero-order valence-corrected chi connectivity index (χ0v) is 13.5. The van der Waals surface area contributed by atoms with E-state index < -0.39 is 0 Å². The van der Waals surface area contributed by atoms with Crippen LogP contribution in [-0.4, -0.2) is 45.8 Å². The van der Waals surface area contributed by atoms with E-state index in [1.807, 2.05) is 30.3 Å². The van der Waals surface area contributed by atoms with E-state index in [0.29, 0.717) is 9.23 Å². The van der Waals surface area contributed by atoms with Crippen molar-refractivity contribution in [3.63, 3.8) is 0 Å². The van der Waals surface area contributed by atoms with Crippen LogP contribution >= 0.6 is 24.0 Å². The van der Waals surface area contributed by atoms with Crippen molar-refractivity contribution in [3.05, 3.63) is 40.8 Å². The minimum Gasteiger partial charge on any atom is -0.395 e. The average Bonchev–Trinajstić information content (AvgIpc) is 2.78. The zero-order valence-electron chi connectivity index (χ0n) is 11.8. The maximum absolute atomic E-state index is 12.3. The van der Waals surface area contributed by atoms with Crippen molar-refractivity contribution >= 4 is 46.2 Å². The summed E-state index contributed by atoms with van der Waals surface area (Å²) in [5, 5.41) is 11.2. The third-order valence-corrected chi connectivity index (χ3v) is 4.35. The molecule has 2 amide bonds. The Morgan fingerprint density at radius 3 is 2.77 bits per heavy atom. The molecule has 0 spiro atoms. The third kappa shape index (κ3) is 4.40. The number of hydrogen-bond donors (Lipinski definition) is 2. The van der Waals surface area contributed by atoms with Crippen LogP contribution in [-0.2, 0) is 9.59 Å². The summed E-state index contributed by atoms with van der Waals surface area (Å²) in [7, 11) is 0. The van der Waals surface area contributed by atoms with Gasteiger partial charge in [-0.2, -0.15) is 0 Å². The molecule has 1 aromatic rings. The molecule has 1 heterocycles. The molecule has 1 aliphatic rings. The van der Waals surface area contributed by atoms with Crippen LogP contribution in [0.15, 0.2) is 35.2 Å². The SMILES string of the molecule is O=C(CCN1C(=O)/C(=C\c2ccccc2)SC1=S)NCCO. The smallest absolute Gasteiger partial charge is 0.266 e. The van der Waals surface area contributed by atoms with Gasteiger partial charge in [0.1, 0.15) is 4.32 Å². The lowest BCUT2D eigenvalue weighted by Gasteiger charge is -2.13. The number of aliphatic hydroxyl groups excluding tert-OH is 1. The van der Waals surface area contributed by atoms with Crippen LogP contribution in [0.1, 0.15) is 12.0 Å². The molecule has 0 unspecified atom stereocenters. The molecular weight excluding hydrogens is 320 g/mol. The Labute approximate surface area is 138 Å². The number of hydrogen-bond acceptors (Lipinski definition) is 5. The number of nitrogens with zero attached hydrogens (tertiary/aromatic N) is 1. The molecule has 0 aliphatic carbocycles. The first-order chi connectivity index (χ1) is 10.6.